The number of carbonyl (C=O) groups is 1. The Labute approximate surface area is 216 Å². The maximum absolute atomic E-state index is 11.5. The molecule has 0 heterocycles. The first-order chi connectivity index (χ1) is 16.2. The lowest BCUT2D eigenvalue weighted by Gasteiger charge is -2.12. The van der Waals surface area contributed by atoms with E-state index < -0.39 is 5.97 Å². The van der Waals surface area contributed by atoms with E-state index in [1.807, 2.05) is 0 Å². The zero-order chi connectivity index (χ0) is 24.2. The van der Waals surface area contributed by atoms with Gasteiger partial charge in [-0.05, 0) is 42.9 Å². The van der Waals surface area contributed by atoms with Gasteiger partial charge < -0.3 is 5.11 Å². The highest BCUT2D eigenvalue weighted by molar-refractivity contribution is 8.00. The molecule has 0 aliphatic carbocycles. The van der Waals surface area contributed by atoms with E-state index in [0.717, 1.165) is 18.6 Å². The van der Waals surface area contributed by atoms with Crippen LogP contribution in [-0.4, -0.2) is 33.6 Å². The summed E-state index contributed by atoms with van der Waals surface area (Å²) in [5, 5.41) is 9.31. The van der Waals surface area contributed by atoms with Gasteiger partial charge in [-0.3, -0.25) is 4.79 Å². The molecule has 198 valence electrons. The molecule has 4 heteroatoms. The van der Waals surface area contributed by atoms with E-state index in [9.17, 15) is 9.90 Å². The van der Waals surface area contributed by atoms with Crippen molar-refractivity contribution in [3.05, 3.63) is 0 Å². The number of thioether (sulfide) groups is 2. The second-order valence-electron chi connectivity index (χ2n) is 9.82. The molecule has 0 rings (SSSR count). The first-order valence-electron chi connectivity index (χ1n) is 14.6. The van der Waals surface area contributed by atoms with E-state index in [0.29, 0.717) is 0 Å². The average Bonchev–Trinajstić information content (AvgIpc) is 2.81. The van der Waals surface area contributed by atoms with Gasteiger partial charge in [-0.25, -0.2) is 0 Å². The molecule has 0 saturated carbocycles. The monoisotopic (exact) mass is 502 g/mol. The standard InChI is InChI=1S/C29H58O2S2/c1-3-5-7-8-9-14-17-20-24-28(29(30)31)33-27-23-19-16-13-11-10-12-15-18-22-26-32-25-21-6-4-2/h28H,3-27H2,1-2H3,(H,30,31). The lowest BCUT2D eigenvalue weighted by Crippen LogP contribution is -2.16. The molecular formula is C29H58O2S2. The van der Waals surface area contributed by atoms with Crippen LogP contribution in [0.5, 0.6) is 0 Å². The van der Waals surface area contributed by atoms with Crippen LogP contribution in [0.3, 0.4) is 0 Å². The molecule has 1 N–H and O–H groups in total. The van der Waals surface area contributed by atoms with Crippen molar-refractivity contribution < 1.29 is 9.90 Å². The second kappa shape index (κ2) is 28.4. The van der Waals surface area contributed by atoms with Crippen molar-refractivity contribution in [3.63, 3.8) is 0 Å². The molecule has 1 atom stereocenters. The molecule has 0 spiro atoms. The van der Waals surface area contributed by atoms with E-state index in [4.69, 9.17) is 0 Å². The fraction of sp³-hybridized carbons (Fsp3) is 0.966. The van der Waals surface area contributed by atoms with Crippen LogP contribution in [0.15, 0.2) is 0 Å². The Morgan fingerprint density at radius 3 is 1.39 bits per heavy atom. The molecule has 0 amide bonds. The van der Waals surface area contributed by atoms with Crippen molar-refractivity contribution in [2.24, 2.45) is 0 Å². The smallest absolute Gasteiger partial charge is 0.316 e. The maximum Gasteiger partial charge on any atom is 0.316 e. The van der Waals surface area contributed by atoms with Crippen molar-refractivity contribution in [1.82, 2.24) is 0 Å². The molecular weight excluding hydrogens is 444 g/mol. The Morgan fingerprint density at radius 2 is 0.909 bits per heavy atom. The van der Waals surface area contributed by atoms with Gasteiger partial charge in [0.2, 0.25) is 0 Å². The summed E-state index contributed by atoms with van der Waals surface area (Å²) in [7, 11) is 0. The maximum atomic E-state index is 11.5. The molecule has 0 aliphatic rings. The van der Waals surface area contributed by atoms with Gasteiger partial charge in [-0.15, -0.1) is 11.8 Å². The number of aliphatic carboxylic acids is 1. The topological polar surface area (TPSA) is 37.3 Å². The van der Waals surface area contributed by atoms with E-state index in [1.54, 1.807) is 11.8 Å². The van der Waals surface area contributed by atoms with Crippen molar-refractivity contribution in [2.75, 3.05) is 17.3 Å². The van der Waals surface area contributed by atoms with E-state index in [1.165, 1.54) is 140 Å². The number of hydrogen-bond acceptors (Lipinski definition) is 3. The lowest BCUT2D eigenvalue weighted by atomic mass is 10.1. The molecule has 0 saturated heterocycles. The third-order valence-corrected chi connectivity index (χ3v) is 9.01. The minimum Gasteiger partial charge on any atom is -0.480 e. The van der Waals surface area contributed by atoms with Crippen LogP contribution < -0.4 is 0 Å². The summed E-state index contributed by atoms with van der Waals surface area (Å²) >= 11 is 3.84. The zero-order valence-electron chi connectivity index (χ0n) is 22.4. The van der Waals surface area contributed by atoms with E-state index in [-0.39, 0.29) is 5.25 Å². The fourth-order valence-electron chi connectivity index (χ4n) is 4.24. The van der Waals surface area contributed by atoms with Gasteiger partial charge in [0.25, 0.3) is 0 Å². The average molecular weight is 503 g/mol. The minimum atomic E-state index is -0.599. The normalized spacial score (nSPS) is 12.3. The van der Waals surface area contributed by atoms with Crippen LogP contribution in [0.4, 0.5) is 0 Å². The molecule has 0 fully saturated rings. The summed E-state index contributed by atoms with van der Waals surface area (Å²) in [6, 6.07) is 0. The lowest BCUT2D eigenvalue weighted by molar-refractivity contribution is -0.136. The quantitative estimate of drug-likeness (QED) is 0.108. The highest BCUT2D eigenvalue weighted by Crippen LogP contribution is 2.21. The number of rotatable bonds is 28. The van der Waals surface area contributed by atoms with E-state index >= 15 is 0 Å². The summed E-state index contributed by atoms with van der Waals surface area (Å²) in [6.07, 6.45) is 28.8. The third-order valence-electron chi connectivity index (χ3n) is 6.49. The third kappa shape index (κ3) is 26.6. The first kappa shape index (κ1) is 33.2. The Morgan fingerprint density at radius 1 is 0.545 bits per heavy atom. The van der Waals surface area contributed by atoms with Crippen LogP contribution in [0.1, 0.15) is 155 Å². The highest BCUT2D eigenvalue weighted by Gasteiger charge is 2.16. The SMILES string of the molecule is CCCCCCCCCCC(SCCCCCCCCCCCCSCCCCC)C(=O)O. The molecule has 2 nitrogen and oxygen atoms in total. The fourth-order valence-corrected chi connectivity index (χ4v) is 6.40. The predicted molar refractivity (Wildman–Crippen MR) is 154 cm³/mol. The second-order valence-corrected chi connectivity index (χ2v) is 12.4. The van der Waals surface area contributed by atoms with Gasteiger partial charge in [0.05, 0.1) is 0 Å². The largest absolute Gasteiger partial charge is 0.480 e. The van der Waals surface area contributed by atoms with Crippen LogP contribution in [-0.2, 0) is 4.79 Å². The van der Waals surface area contributed by atoms with Gasteiger partial charge >= 0.3 is 5.97 Å². The Hall–Kier alpha value is 0.170. The molecule has 33 heavy (non-hydrogen) atoms. The van der Waals surface area contributed by atoms with Gasteiger partial charge in [0.15, 0.2) is 0 Å². The Bertz CT molecular complexity index is 390. The van der Waals surface area contributed by atoms with Crippen molar-refractivity contribution in [3.8, 4) is 0 Å². The Kier molecular flexibility index (Phi) is 28.6. The molecule has 1 unspecified atom stereocenters. The molecule has 0 aromatic heterocycles. The molecule has 0 aliphatic heterocycles. The van der Waals surface area contributed by atoms with Gasteiger partial charge in [-0.1, -0.05) is 129 Å². The number of carboxylic acids is 1. The summed E-state index contributed by atoms with van der Waals surface area (Å²) in [4.78, 5) is 11.5. The number of unbranched alkanes of at least 4 members (excludes halogenated alkanes) is 18. The summed E-state index contributed by atoms with van der Waals surface area (Å²) in [5.41, 5.74) is 0. The van der Waals surface area contributed by atoms with Gasteiger partial charge in [0.1, 0.15) is 5.25 Å². The van der Waals surface area contributed by atoms with Crippen molar-refractivity contribution in [2.45, 2.75) is 160 Å². The summed E-state index contributed by atoms with van der Waals surface area (Å²) < 4.78 is 0. The van der Waals surface area contributed by atoms with Crippen molar-refractivity contribution >= 4 is 29.5 Å². The predicted octanol–water partition coefficient (Wildman–Crippen LogP) is 10.5. The van der Waals surface area contributed by atoms with Crippen molar-refractivity contribution in [1.29, 1.82) is 0 Å². The molecule has 0 bridgehead atoms. The van der Waals surface area contributed by atoms with Gasteiger partial charge in [0, 0.05) is 0 Å². The van der Waals surface area contributed by atoms with Crippen LogP contribution in [0.2, 0.25) is 0 Å². The summed E-state index contributed by atoms with van der Waals surface area (Å²) in [5.74, 6) is 3.15. The first-order valence-corrected chi connectivity index (χ1v) is 16.8. The molecule has 0 radical (unpaired) electrons. The number of carboxylic acid groups (broad SMARTS) is 1. The van der Waals surface area contributed by atoms with Crippen LogP contribution in [0, 0.1) is 0 Å². The summed E-state index contributed by atoms with van der Waals surface area (Å²) in [6.45, 7) is 4.53. The molecule has 0 aromatic rings. The molecule has 0 aromatic carbocycles. The minimum absolute atomic E-state index is 0.181. The highest BCUT2D eigenvalue weighted by atomic mass is 32.2. The van der Waals surface area contributed by atoms with Crippen LogP contribution in [0.25, 0.3) is 0 Å². The Balaban J connectivity index is 3.36. The number of hydrogen-bond donors (Lipinski definition) is 1. The van der Waals surface area contributed by atoms with E-state index in [2.05, 4.69) is 25.6 Å². The van der Waals surface area contributed by atoms with Gasteiger partial charge in [-0.2, -0.15) is 11.8 Å². The van der Waals surface area contributed by atoms with Crippen LogP contribution >= 0.6 is 23.5 Å². The zero-order valence-corrected chi connectivity index (χ0v) is 24.1.